The number of nitrogens with one attached hydrogen (secondary N) is 1. The first-order chi connectivity index (χ1) is 23.4. The third kappa shape index (κ3) is 7.21. The molecule has 2 N–H and O–H groups in total. The second kappa shape index (κ2) is 13.8. The van der Waals surface area contributed by atoms with Crippen LogP contribution < -0.4 is 14.8 Å². The average Bonchev–Trinajstić information content (AvgIpc) is 3.50. The Labute approximate surface area is 282 Å². The number of hydrogen-bond donors (Lipinski definition) is 2. The summed E-state index contributed by atoms with van der Waals surface area (Å²) >= 11 is 0. The van der Waals surface area contributed by atoms with Crippen LogP contribution in [-0.2, 0) is 11.0 Å². The van der Waals surface area contributed by atoms with E-state index in [0.29, 0.717) is 29.0 Å². The molecule has 11 heteroatoms. The lowest BCUT2D eigenvalue weighted by Crippen LogP contribution is -2.26. The van der Waals surface area contributed by atoms with E-state index < -0.39 is 17.7 Å². The number of hydrogen-bond acceptors (Lipinski definition) is 6. The van der Waals surface area contributed by atoms with Crippen LogP contribution in [0.15, 0.2) is 77.9 Å². The largest absolute Gasteiger partial charge is 0.497 e. The molecule has 0 radical (unpaired) electrons. The summed E-state index contributed by atoms with van der Waals surface area (Å²) < 4.78 is 53.6. The molecule has 0 aromatic heterocycles. The number of alkyl halides is 3. The molecule has 256 valence electrons. The first-order valence-corrected chi connectivity index (χ1v) is 16.3. The Balaban J connectivity index is 1.39. The molecule has 4 aromatic rings. The van der Waals surface area contributed by atoms with Crippen molar-refractivity contribution in [3.63, 3.8) is 0 Å². The van der Waals surface area contributed by atoms with Gasteiger partial charge in [0.05, 0.1) is 43.0 Å². The maximum atomic E-state index is 14.0. The zero-order valence-corrected chi connectivity index (χ0v) is 27.5. The Hall–Kier alpha value is -5.06. The predicted molar refractivity (Wildman–Crippen MR) is 180 cm³/mol. The molecule has 1 saturated carbocycles. The number of aryl methyl sites for hydroxylation is 1. The van der Waals surface area contributed by atoms with Crippen molar-refractivity contribution in [2.24, 2.45) is 5.10 Å². The fourth-order valence-electron chi connectivity index (χ4n) is 6.42. The second-order valence-corrected chi connectivity index (χ2v) is 12.6. The van der Waals surface area contributed by atoms with Gasteiger partial charge in [0, 0.05) is 24.1 Å². The molecule has 49 heavy (non-hydrogen) atoms. The van der Waals surface area contributed by atoms with Crippen LogP contribution in [-0.4, -0.2) is 47.5 Å². The number of ether oxygens (including phenoxy) is 2. The van der Waals surface area contributed by atoms with Crippen LogP contribution >= 0.6 is 0 Å². The monoisotopic (exact) mass is 673 g/mol. The van der Waals surface area contributed by atoms with E-state index in [4.69, 9.17) is 19.7 Å². The molecule has 1 fully saturated rings. The maximum Gasteiger partial charge on any atom is 0.416 e. The van der Waals surface area contributed by atoms with Crippen LogP contribution in [0.5, 0.6) is 11.5 Å². The Morgan fingerprint density at radius 3 is 2.45 bits per heavy atom. The molecule has 2 atom stereocenters. The van der Waals surface area contributed by atoms with Gasteiger partial charge in [-0.2, -0.15) is 18.3 Å². The minimum atomic E-state index is -4.53. The summed E-state index contributed by atoms with van der Waals surface area (Å²) in [5.74, 6) is -0.251. The lowest BCUT2D eigenvalue weighted by molar-refractivity contribution is -0.138. The van der Waals surface area contributed by atoms with E-state index in [0.717, 1.165) is 64.6 Å². The van der Waals surface area contributed by atoms with Gasteiger partial charge < -0.3 is 19.9 Å². The summed E-state index contributed by atoms with van der Waals surface area (Å²) in [5.41, 5.74) is 3.32. The van der Waals surface area contributed by atoms with E-state index >= 15 is 0 Å². The molecule has 8 nitrogen and oxygen atoms in total. The van der Waals surface area contributed by atoms with Gasteiger partial charge in [-0.25, -0.2) is 0 Å². The number of carboxylic acids is 1. The highest BCUT2D eigenvalue weighted by molar-refractivity contribution is 6.04. The summed E-state index contributed by atoms with van der Waals surface area (Å²) in [6.07, 6.45) is -1.68. The van der Waals surface area contributed by atoms with Crippen LogP contribution in [0.4, 0.5) is 13.2 Å². The van der Waals surface area contributed by atoms with Crippen LogP contribution in [0.1, 0.15) is 89.3 Å². The fourth-order valence-corrected chi connectivity index (χ4v) is 6.42. The van der Waals surface area contributed by atoms with Gasteiger partial charge in [-0.3, -0.25) is 14.6 Å². The molecule has 1 aliphatic heterocycles. The normalized spacial score (nSPS) is 17.0. The molecule has 4 aromatic carbocycles. The number of fused-ring (bicyclic) bond motifs is 1. The molecule has 0 saturated heterocycles. The van der Waals surface area contributed by atoms with E-state index in [2.05, 4.69) is 5.32 Å². The number of amides is 1. The predicted octanol–water partition coefficient (Wildman–Crippen LogP) is 8.22. The number of aliphatic carboxylic acids is 1. The number of benzene rings is 4. The molecule has 1 heterocycles. The van der Waals surface area contributed by atoms with Crippen molar-refractivity contribution in [2.45, 2.75) is 70.3 Å². The van der Waals surface area contributed by atoms with Gasteiger partial charge in [-0.1, -0.05) is 30.3 Å². The summed E-state index contributed by atoms with van der Waals surface area (Å²) in [6, 6.07) is 19.9. The summed E-state index contributed by atoms with van der Waals surface area (Å²) in [7, 11) is 1.62. The van der Waals surface area contributed by atoms with Gasteiger partial charge >= 0.3 is 12.1 Å². The highest BCUT2D eigenvalue weighted by atomic mass is 19.4. The van der Waals surface area contributed by atoms with Crippen LogP contribution in [0.2, 0.25) is 0 Å². The Kier molecular flexibility index (Phi) is 9.54. The number of carboxylic acid groups (broad SMARTS) is 1. The minimum Gasteiger partial charge on any atom is -0.497 e. The van der Waals surface area contributed by atoms with E-state index in [9.17, 15) is 22.8 Å². The molecule has 0 bridgehead atoms. The number of hydrazone groups is 1. The van der Waals surface area contributed by atoms with E-state index in [1.807, 2.05) is 61.3 Å². The lowest BCUT2D eigenvalue weighted by Gasteiger charge is -2.31. The molecule has 2 aliphatic rings. The third-order valence-electron chi connectivity index (χ3n) is 9.48. The Bertz CT molecular complexity index is 1900. The van der Waals surface area contributed by atoms with Crippen molar-refractivity contribution in [1.82, 2.24) is 10.3 Å². The van der Waals surface area contributed by atoms with Crippen LogP contribution in [0, 0.1) is 6.92 Å². The number of carbonyl (C=O) groups excluding carboxylic acids is 1. The van der Waals surface area contributed by atoms with Crippen LogP contribution in [0.3, 0.4) is 0 Å². The average molecular weight is 674 g/mol. The molecule has 0 spiro atoms. The van der Waals surface area contributed by atoms with Crippen molar-refractivity contribution < 1.29 is 37.3 Å². The van der Waals surface area contributed by atoms with Gasteiger partial charge in [-0.05, 0) is 103 Å². The quantitative estimate of drug-likeness (QED) is 0.166. The molecule has 6 rings (SSSR count). The number of nitrogens with zero attached hydrogens (tertiary/aromatic N) is 2. The number of halogens is 3. The van der Waals surface area contributed by atoms with Gasteiger partial charge in [-0.15, -0.1) is 0 Å². The van der Waals surface area contributed by atoms with E-state index in [1.54, 1.807) is 19.2 Å². The zero-order valence-electron chi connectivity index (χ0n) is 27.5. The van der Waals surface area contributed by atoms with Crippen molar-refractivity contribution in [3.8, 4) is 11.5 Å². The summed E-state index contributed by atoms with van der Waals surface area (Å²) in [5, 5.41) is 20.5. The molecule has 1 amide bonds. The zero-order chi connectivity index (χ0) is 34.9. The fraction of sp³-hybridized carbons (Fsp3) is 0.342. The van der Waals surface area contributed by atoms with Gasteiger partial charge in [0.1, 0.15) is 11.5 Å². The van der Waals surface area contributed by atoms with Crippen molar-refractivity contribution in [2.75, 3.05) is 13.7 Å². The van der Waals surface area contributed by atoms with Crippen molar-refractivity contribution in [1.29, 1.82) is 0 Å². The van der Waals surface area contributed by atoms with Gasteiger partial charge in [0.2, 0.25) is 0 Å². The first-order valence-electron chi connectivity index (χ1n) is 16.3. The Morgan fingerprint density at radius 1 is 1.04 bits per heavy atom. The SMILES string of the molecule is COc1ccc2c(C)c([C@H]3CC(c4cc(C(F)(F)F)ccc4OC4CCC4)=NN3C(C)c3ccc(C(=O)NCCC(=O)O)cc3)ccc2c1. The highest BCUT2D eigenvalue weighted by Crippen LogP contribution is 2.44. The van der Waals surface area contributed by atoms with Crippen molar-refractivity contribution >= 4 is 28.4 Å². The van der Waals surface area contributed by atoms with E-state index in [-0.39, 0.29) is 37.1 Å². The van der Waals surface area contributed by atoms with E-state index in [1.165, 1.54) is 6.07 Å². The first kappa shape index (κ1) is 33.8. The molecular weight excluding hydrogens is 635 g/mol. The Morgan fingerprint density at radius 2 is 1.80 bits per heavy atom. The number of carbonyl (C=O) groups is 2. The highest BCUT2D eigenvalue weighted by Gasteiger charge is 2.37. The van der Waals surface area contributed by atoms with Crippen LogP contribution in [0.25, 0.3) is 10.8 Å². The molecule has 1 unspecified atom stereocenters. The molecule has 1 aliphatic carbocycles. The van der Waals surface area contributed by atoms with Crippen molar-refractivity contribution in [3.05, 3.63) is 106 Å². The summed E-state index contributed by atoms with van der Waals surface area (Å²) in [4.78, 5) is 23.4. The maximum absolute atomic E-state index is 14.0. The smallest absolute Gasteiger partial charge is 0.416 e. The third-order valence-corrected chi connectivity index (χ3v) is 9.48. The standard InChI is InChI=1S/C38H38F3N3O5/c1-22-30-15-13-29(48-3)19-26(30)11-14-31(22)34-21-33(32-20-27(38(39,40)41)12-16-35(32)49-28-5-4-6-28)43-44(34)23(2)24-7-9-25(10-8-24)37(47)42-18-17-36(45)46/h7-16,19-20,23,28,34H,4-6,17-18,21H2,1-3H3,(H,42,47)(H,45,46)/t23?,34-/m1/s1. The van der Waals surface area contributed by atoms with Gasteiger partial charge in [0.15, 0.2) is 0 Å². The van der Waals surface area contributed by atoms with Gasteiger partial charge in [0.25, 0.3) is 5.91 Å². The second-order valence-electron chi connectivity index (χ2n) is 12.6. The lowest BCUT2D eigenvalue weighted by atomic mass is 9.90. The molecular formula is C38H38F3N3O5. The topological polar surface area (TPSA) is 100 Å². The minimum absolute atomic E-state index is 0.0130. The number of methoxy groups -OCH3 is 1. The number of rotatable bonds is 11. The summed E-state index contributed by atoms with van der Waals surface area (Å²) in [6.45, 7) is 4.03.